The summed E-state index contributed by atoms with van der Waals surface area (Å²) < 4.78 is 10.6. The fraction of sp³-hybridized carbons (Fsp3) is 0.235. The van der Waals surface area contributed by atoms with Gasteiger partial charge in [-0.25, -0.2) is 0 Å². The van der Waals surface area contributed by atoms with Crippen LogP contribution in [0, 0.1) is 18.3 Å². The van der Waals surface area contributed by atoms with Gasteiger partial charge in [0.2, 0.25) is 0 Å². The summed E-state index contributed by atoms with van der Waals surface area (Å²) in [4.78, 5) is 0. The molecule has 0 radical (unpaired) electrons. The molecular formula is C17H18N2O2. The molecule has 0 amide bonds. The molecule has 2 rings (SSSR count). The predicted molar refractivity (Wildman–Crippen MR) is 82.7 cm³/mol. The van der Waals surface area contributed by atoms with Crippen molar-refractivity contribution in [2.75, 3.05) is 19.5 Å². The van der Waals surface area contributed by atoms with E-state index >= 15 is 0 Å². The predicted octanol–water partition coefficient (Wildman–Crippen LogP) is 3.69. The first kappa shape index (κ1) is 14.7. The molecule has 108 valence electrons. The summed E-state index contributed by atoms with van der Waals surface area (Å²) in [5.74, 6) is 1.35. The van der Waals surface area contributed by atoms with Gasteiger partial charge in [0, 0.05) is 11.3 Å². The van der Waals surface area contributed by atoms with Crippen LogP contribution in [0.2, 0.25) is 0 Å². The molecule has 2 aromatic rings. The number of aryl methyl sites for hydroxylation is 1. The van der Waals surface area contributed by atoms with Gasteiger partial charge >= 0.3 is 0 Å². The van der Waals surface area contributed by atoms with E-state index in [1.165, 1.54) is 5.56 Å². The van der Waals surface area contributed by atoms with E-state index in [1.54, 1.807) is 20.3 Å². The van der Waals surface area contributed by atoms with E-state index in [4.69, 9.17) is 9.47 Å². The van der Waals surface area contributed by atoms with Crippen molar-refractivity contribution in [2.24, 2.45) is 0 Å². The summed E-state index contributed by atoms with van der Waals surface area (Å²) in [6.07, 6.45) is 0. The van der Waals surface area contributed by atoms with E-state index in [-0.39, 0.29) is 0 Å². The summed E-state index contributed by atoms with van der Waals surface area (Å²) in [6, 6.07) is 15.1. The van der Waals surface area contributed by atoms with Crippen molar-refractivity contribution in [1.29, 1.82) is 5.26 Å². The van der Waals surface area contributed by atoms with E-state index in [9.17, 15) is 5.26 Å². The molecule has 0 aliphatic heterocycles. The second kappa shape index (κ2) is 6.67. The third kappa shape index (κ3) is 3.46. The molecule has 0 heterocycles. The summed E-state index contributed by atoms with van der Waals surface area (Å²) >= 11 is 0. The zero-order chi connectivity index (χ0) is 15.2. The number of ether oxygens (including phenoxy) is 2. The third-order valence-electron chi connectivity index (χ3n) is 3.24. The number of hydrogen-bond donors (Lipinski definition) is 1. The lowest BCUT2D eigenvalue weighted by atomic mass is 10.1. The lowest BCUT2D eigenvalue weighted by Crippen LogP contribution is -2.10. The van der Waals surface area contributed by atoms with E-state index in [1.807, 2.05) is 43.3 Å². The normalized spacial score (nSPS) is 11.3. The maximum atomic E-state index is 9.47. The van der Waals surface area contributed by atoms with Crippen molar-refractivity contribution < 1.29 is 9.47 Å². The molecule has 4 heteroatoms. The summed E-state index contributed by atoms with van der Waals surface area (Å²) in [5.41, 5.74) is 2.81. The highest BCUT2D eigenvalue weighted by Gasteiger charge is 2.16. The van der Waals surface area contributed by atoms with E-state index in [2.05, 4.69) is 11.4 Å². The standard InChI is InChI=1S/C17H18N2O2/c1-12-4-6-13(7-5-12)19-16(11-18)15-10-14(20-2)8-9-17(15)21-3/h4-10,16,19H,1-3H3. The SMILES string of the molecule is COc1ccc(OC)c(C(C#N)Nc2ccc(C)cc2)c1. The minimum Gasteiger partial charge on any atom is -0.497 e. The number of rotatable bonds is 5. The Balaban J connectivity index is 2.32. The Bertz CT molecular complexity index is 645. The smallest absolute Gasteiger partial charge is 0.143 e. The van der Waals surface area contributed by atoms with E-state index in [0.29, 0.717) is 11.5 Å². The van der Waals surface area contributed by atoms with Gasteiger partial charge < -0.3 is 14.8 Å². The second-order valence-corrected chi connectivity index (χ2v) is 4.68. The van der Waals surface area contributed by atoms with Crippen LogP contribution in [0.3, 0.4) is 0 Å². The zero-order valence-corrected chi connectivity index (χ0v) is 12.4. The molecule has 0 saturated carbocycles. The Morgan fingerprint density at radius 2 is 1.76 bits per heavy atom. The van der Waals surface area contributed by atoms with Gasteiger partial charge in [0.15, 0.2) is 0 Å². The Kier molecular flexibility index (Phi) is 4.68. The van der Waals surface area contributed by atoms with E-state index in [0.717, 1.165) is 11.3 Å². The van der Waals surface area contributed by atoms with Crippen molar-refractivity contribution >= 4 is 5.69 Å². The molecule has 0 saturated heterocycles. The Morgan fingerprint density at radius 1 is 1.05 bits per heavy atom. The van der Waals surface area contributed by atoms with Gasteiger partial charge in [-0.3, -0.25) is 0 Å². The number of nitriles is 1. The Hall–Kier alpha value is -2.67. The maximum Gasteiger partial charge on any atom is 0.143 e. The first-order valence-electron chi connectivity index (χ1n) is 6.62. The van der Waals surface area contributed by atoms with Gasteiger partial charge in [-0.2, -0.15) is 5.26 Å². The average molecular weight is 282 g/mol. The lowest BCUT2D eigenvalue weighted by molar-refractivity contribution is 0.398. The van der Waals surface area contributed by atoms with E-state index < -0.39 is 6.04 Å². The fourth-order valence-corrected chi connectivity index (χ4v) is 2.06. The molecule has 1 N–H and O–H groups in total. The van der Waals surface area contributed by atoms with Crippen molar-refractivity contribution in [1.82, 2.24) is 0 Å². The number of anilines is 1. The van der Waals surface area contributed by atoms with Gasteiger partial charge in [-0.05, 0) is 37.3 Å². The monoisotopic (exact) mass is 282 g/mol. The lowest BCUT2D eigenvalue weighted by Gasteiger charge is -2.17. The molecule has 0 aliphatic carbocycles. The van der Waals surface area contributed by atoms with Crippen molar-refractivity contribution in [3.63, 3.8) is 0 Å². The summed E-state index contributed by atoms with van der Waals surface area (Å²) in [6.45, 7) is 2.02. The molecule has 0 bridgehead atoms. The van der Waals surface area contributed by atoms with Crippen molar-refractivity contribution in [3.05, 3.63) is 53.6 Å². The largest absolute Gasteiger partial charge is 0.497 e. The van der Waals surface area contributed by atoms with Crippen LogP contribution in [0.25, 0.3) is 0 Å². The van der Waals surface area contributed by atoms with Gasteiger partial charge in [0.1, 0.15) is 17.5 Å². The van der Waals surface area contributed by atoms with Gasteiger partial charge in [-0.1, -0.05) is 17.7 Å². The summed E-state index contributed by atoms with van der Waals surface area (Å²) in [7, 11) is 3.19. The highest BCUT2D eigenvalue weighted by atomic mass is 16.5. The van der Waals surface area contributed by atoms with Gasteiger partial charge in [0.05, 0.1) is 20.3 Å². The van der Waals surface area contributed by atoms with Crippen LogP contribution in [-0.4, -0.2) is 14.2 Å². The highest BCUT2D eigenvalue weighted by Crippen LogP contribution is 2.31. The van der Waals surface area contributed by atoms with Crippen LogP contribution in [-0.2, 0) is 0 Å². The van der Waals surface area contributed by atoms with Crippen molar-refractivity contribution in [3.8, 4) is 17.6 Å². The molecular weight excluding hydrogens is 264 g/mol. The van der Waals surface area contributed by atoms with Crippen LogP contribution in [0.4, 0.5) is 5.69 Å². The molecule has 21 heavy (non-hydrogen) atoms. The molecule has 0 fully saturated rings. The number of nitrogens with zero attached hydrogens (tertiary/aromatic N) is 1. The third-order valence-corrected chi connectivity index (χ3v) is 3.24. The second-order valence-electron chi connectivity index (χ2n) is 4.68. The maximum absolute atomic E-state index is 9.47. The highest BCUT2D eigenvalue weighted by molar-refractivity contribution is 5.52. The first-order chi connectivity index (χ1) is 10.2. The summed E-state index contributed by atoms with van der Waals surface area (Å²) in [5, 5.41) is 12.7. The average Bonchev–Trinajstić information content (AvgIpc) is 2.53. The van der Waals surface area contributed by atoms with Crippen molar-refractivity contribution in [2.45, 2.75) is 13.0 Å². The van der Waals surface area contributed by atoms with Crippen LogP contribution in [0.5, 0.6) is 11.5 Å². The van der Waals surface area contributed by atoms with Crippen LogP contribution in [0.1, 0.15) is 17.2 Å². The molecule has 0 aromatic heterocycles. The topological polar surface area (TPSA) is 54.3 Å². The fourth-order valence-electron chi connectivity index (χ4n) is 2.06. The Morgan fingerprint density at radius 3 is 2.33 bits per heavy atom. The molecule has 4 nitrogen and oxygen atoms in total. The van der Waals surface area contributed by atoms with Gasteiger partial charge in [0.25, 0.3) is 0 Å². The molecule has 1 atom stereocenters. The Labute approximate surface area is 124 Å². The van der Waals surface area contributed by atoms with Crippen LogP contribution >= 0.6 is 0 Å². The number of benzene rings is 2. The molecule has 2 aromatic carbocycles. The van der Waals surface area contributed by atoms with Crippen LogP contribution < -0.4 is 14.8 Å². The zero-order valence-electron chi connectivity index (χ0n) is 12.4. The minimum atomic E-state index is -0.516. The number of hydrogen-bond acceptors (Lipinski definition) is 4. The molecule has 0 aliphatic rings. The van der Waals surface area contributed by atoms with Gasteiger partial charge in [-0.15, -0.1) is 0 Å². The molecule has 0 spiro atoms. The first-order valence-corrected chi connectivity index (χ1v) is 6.62. The molecule has 1 unspecified atom stereocenters. The quantitative estimate of drug-likeness (QED) is 0.908. The van der Waals surface area contributed by atoms with Crippen LogP contribution in [0.15, 0.2) is 42.5 Å². The number of methoxy groups -OCH3 is 2. The number of nitrogens with one attached hydrogen (secondary N) is 1. The minimum absolute atomic E-state index is 0.516.